The Morgan fingerprint density at radius 2 is 1.91 bits per heavy atom. The first-order valence-electron chi connectivity index (χ1n) is 10.9. The van der Waals surface area contributed by atoms with E-state index in [1.54, 1.807) is 31.3 Å². The van der Waals surface area contributed by atoms with E-state index in [0.717, 1.165) is 12.1 Å². The summed E-state index contributed by atoms with van der Waals surface area (Å²) in [6.45, 7) is 1.14. The van der Waals surface area contributed by atoms with Gasteiger partial charge >= 0.3 is 5.97 Å². The molecule has 0 radical (unpaired) electrons. The average Bonchev–Trinajstić information content (AvgIpc) is 3.40. The zero-order valence-corrected chi connectivity index (χ0v) is 18.5. The Hall–Kier alpha value is -4.22. The van der Waals surface area contributed by atoms with Crippen LogP contribution in [0.1, 0.15) is 28.0 Å². The number of benzene rings is 2. The first-order chi connectivity index (χ1) is 16.3. The van der Waals surface area contributed by atoms with Crippen LogP contribution >= 0.6 is 0 Å². The number of hydrogen-bond donors (Lipinski definition) is 2. The first kappa shape index (κ1) is 21.6. The lowest BCUT2D eigenvalue weighted by Crippen LogP contribution is -2.37. The van der Waals surface area contributed by atoms with Gasteiger partial charge in [-0.3, -0.25) is 4.79 Å². The SMILES string of the molecule is CN1CC[C@@](O)(C#Cc2cccc(-c3nc(C(=O)O)cc(N4CCc5ccccc54)n3)c2)C1=O. The summed E-state index contributed by atoms with van der Waals surface area (Å²) in [5.41, 5.74) is 1.54. The normalized spacial score (nSPS) is 19.1. The van der Waals surface area contributed by atoms with E-state index >= 15 is 0 Å². The molecule has 2 aliphatic heterocycles. The molecule has 5 rings (SSSR count). The maximum atomic E-state index is 12.2. The number of aliphatic hydroxyl groups is 1. The number of likely N-dealkylation sites (N-methyl/N-ethyl adjacent to an activating group) is 1. The fourth-order valence-electron chi connectivity index (χ4n) is 4.27. The van der Waals surface area contributed by atoms with Gasteiger partial charge in [-0.25, -0.2) is 14.8 Å². The molecular formula is C26H22N4O4. The highest BCUT2D eigenvalue weighted by Gasteiger charge is 2.42. The molecule has 0 spiro atoms. The van der Waals surface area contributed by atoms with Crippen LogP contribution in [0.4, 0.5) is 11.5 Å². The molecule has 1 saturated heterocycles. The number of carboxylic acid groups (broad SMARTS) is 1. The number of amides is 1. The smallest absolute Gasteiger partial charge is 0.354 e. The van der Waals surface area contributed by atoms with E-state index in [9.17, 15) is 19.8 Å². The Kier molecular flexibility index (Phi) is 5.27. The van der Waals surface area contributed by atoms with Crippen molar-refractivity contribution in [3.05, 3.63) is 71.4 Å². The van der Waals surface area contributed by atoms with Crippen LogP contribution in [0, 0.1) is 11.8 Å². The van der Waals surface area contributed by atoms with Crippen LogP contribution < -0.4 is 4.90 Å². The van der Waals surface area contributed by atoms with Crippen molar-refractivity contribution in [1.29, 1.82) is 0 Å². The number of carbonyl (C=O) groups is 2. The van der Waals surface area contributed by atoms with Gasteiger partial charge in [-0.1, -0.05) is 42.2 Å². The minimum atomic E-state index is -1.69. The van der Waals surface area contributed by atoms with Crippen molar-refractivity contribution in [2.75, 3.05) is 25.0 Å². The van der Waals surface area contributed by atoms with Crippen LogP contribution in [0.15, 0.2) is 54.6 Å². The number of hydrogen-bond acceptors (Lipinski definition) is 6. The van der Waals surface area contributed by atoms with Gasteiger partial charge in [-0.05, 0) is 30.2 Å². The van der Waals surface area contributed by atoms with Crippen molar-refractivity contribution in [2.24, 2.45) is 0 Å². The molecule has 0 unspecified atom stereocenters. The minimum Gasteiger partial charge on any atom is -0.477 e. The molecule has 3 heterocycles. The topological polar surface area (TPSA) is 107 Å². The molecule has 0 saturated carbocycles. The van der Waals surface area contributed by atoms with E-state index < -0.39 is 17.5 Å². The monoisotopic (exact) mass is 454 g/mol. The summed E-state index contributed by atoms with van der Waals surface area (Å²) in [5, 5.41) is 20.2. The third kappa shape index (κ3) is 3.87. The zero-order chi connectivity index (χ0) is 23.9. The Morgan fingerprint density at radius 1 is 1.09 bits per heavy atom. The van der Waals surface area contributed by atoms with Gasteiger partial charge in [-0.15, -0.1) is 0 Å². The van der Waals surface area contributed by atoms with Gasteiger partial charge in [0.25, 0.3) is 5.91 Å². The Labute approximate surface area is 196 Å². The predicted octanol–water partition coefficient (Wildman–Crippen LogP) is 2.48. The average molecular weight is 454 g/mol. The van der Waals surface area contributed by atoms with Gasteiger partial charge in [0.15, 0.2) is 11.5 Å². The van der Waals surface area contributed by atoms with E-state index in [2.05, 4.69) is 27.9 Å². The fourth-order valence-corrected chi connectivity index (χ4v) is 4.27. The standard InChI is InChI=1S/C26H22N4O4/c1-29-14-12-26(34,25(29)33)11-9-17-5-4-7-19(15-17)23-27-20(24(31)32)16-22(28-23)30-13-10-18-6-2-3-8-21(18)30/h2-8,15-16,34H,10,12-14H2,1H3,(H,31,32)/t26-/m0/s1. The van der Waals surface area contributed by atoms with Crippen molar-refractivity contribution in [2.45, 2.75) is 18.4 Å². The lowest BCUT2D eigenvalue weighted by atomic mass is 10.0. The highest BCUT2D eigenvalue weighted by molar-refractivity contribution is 5.90. The van der Waals surface area contributed by atoms with E-state index in [0.29, 0.717) is 30.0 Å². The Balaban J connectivity index is 1.52. The number of aromatic nitrogens is 2. The van der Waals surface area contributed by atoms with Gasteiger partial charge in [-0.2, -0.15) is 0 Å². The summed E-state index contributed by atoms with van der Waals surface area (Å²) in [6.07, 6.45) is 1.10. The van der Waals surface area contributed by atoms with Crippen molar-refractivity contribution < 1.29 is 19.8 Å². The number of likely N-dealkylation sites (tertiary alicyclic amines) is 1. The molecule has 2 aliphatic rings. The van der Waals surface area contributed by atoms with Gasteiger partial charge in [0.2, 0.25) is 5.60 Å². The minimum absolute atomic E-state index is 0.102. The lowest BCUT2D eigenvalue weighted by molar-refractivity contribution is -0.137. The summed E-state index contributed by atoms with van der Waals surface area (Å²) < 4.78 is 0. The Morgan fingerprint density at radius 3 is 2.68 bits per heavy atom. The highest BCUT2D eigenvalue weighted by Crippen LogP contribution is 2.34. The second-order valence-corrected chi connectivity index (χ2v) is 8.44. The number of carboxylic acids is 1. The maximum absolute atomic E-state index is 12.2. The van der Waals surface area contributed by atoms with Crippen LogP contribution in [0.2, 0.25) is 0 Å². The Bertz CT molecular complexity index is 1380. The molecule has 170 valence electrons. The van der Waals surface area contributed by atoms with Crippen LogP contribution in [-0.2, 0) is 11.2 Å². The number of carbonyl (C=O) groups excluding carboxylic acids is 1. The van der Waals surface area contributed by atoms with Gasteiger partial charge in [0.1, 0.15) is 5.82 Å². The van der Waals surface area contributed by atoms with Crippen LogP contribution in [0.5, 0.6) is 0 Å². The molecule has 0 bridgehead atoms. The quantitative estimate of drug-likeness (QED) is 0.586. The summed E-state index contributed by atoms with van der Waals surface area (Å²) in [5.74, 6) is 4.80. The van der Waals surface area contributed by atoms with E-state index in [1.807, 2.05) is 23.1 Å². The predicted molar refractivity (Wildman–Crippen MR) is 126 cm³/mol. The molecule has 34 heavy (non-hydrogen) atoms. The van der Waals surface area contributed by atoms with Gasteiger partial charge < -0.3 is 20.0 Å². The number of aromatic carboxylic acids is 1. The number of nitrogens with zero attached hydrogens (tertiary/aromatic N) is 4. The second kappa shape index (κ2) is 8.28. The number of para-hydroxylation sites is 1. The van der Waals surface area contributed by atoms with Crippen molar-refractivity contribution >= 4 is 23.4 Å². The maximum Gasteiger partial charge on any atom is 0.354 e. The van der Waals surface area contributed by atoms with Crippen molar-refractivity contribution in [3.8, 4) is 23.2 Å². The first-order valence-corrected chi connectivity index (χ1v) is 10.9. The summed E-state index contributed by atoms with van der Waals surface area (Å²) in [4.78, 5) is 36.4. The lowest BCUT2D eigenvalue weighted by Gasteiger charge is -2.19. The van der Waals surface area contributed by atoms with E-state index in [1.165, 1.54) is 16.5 Å². The molecule has 8 heteroatoms. The summed E-state index contributed by atoms with van der Waals surface area (Å²) in [7, 11) is 1.63. The highest BCUT2D eigenvalue weighted by atomic mass is 16.4. The van der Waals surface area contributed by atoms with Gasteiger partial charge in [0.05, 0.1) is 0 Å². The van der Waals surface area contributed by atoms with Crippen LogP contribution in [0.25, 0.3) is 11.4 Å². The van der Waals surface area contributed by atoms with Crippen molar-refractivity contribution in [3.63, 3.8) is 0 Å². The number of fused-ring (bicyclic) bond motifs is 1. The summed E-state index contributed by atoms with van der Waals surface area (Å²) >= 11 is 0. The molecule has 8 nitrogen and oxygen atoms in total. The van der Waals surface area contributed by atoms with E-state index in [4.69, 9.17) is 0 Å². The zero-order valence-electron chi connectivity index (χ0n) is 18.5. The number of rotatable bonds is 3. The van der Waals surface area contributed by atoms with Crippen LogP contribution in [-0.4, -0.2) is 62.7 Å². The molecular weight excluding hydrogens is 432 g/mol. The molecule has 1 aromatic heterocycles. The number of anilines is 2. The molecule has 2 aromatic carbocycles. The fraction of sp³-hybridized carbons (Fsp3) is 0.231. The third-order valence-electron chi connectivity index (χ3n) is 6.14. The van der Waals surface area contributed by atoms with Gasteiger partial charge in [0, 0.05) is 49.4 Å². The molecule has 2 N–H and O–H groups in total. The third-order valence-corrected chi connectivity index (χ3v) is 6.14. The largest absolute Gasteiger partial charge is 0.477 e. The molecule has 1 amide bonds. The van der Waals surface area contributed by atoms with E-state index in [-0.39, 0.29) is 17.9 Å². The molecule has 1 fully saturated rings. The molecule has 3 aromatic rings. The molecule has 0 aliphatic carbocycles. The van der Waals surface area contributed by atoms with Crippen molar-refractivity contribution in [1.82, 2.24) is 14.9 Å². The summed E-state index contributed by atoms with van der Waals surface area (Å²) in [6, 6.07) is 16.5. The molecule has 1 atom stereocenters. The second-order valence-electron chi connectivity index (χ2n) is 8.44. The van der Waals surface area contributed by atoms with Crippen LogP contribution in [0.3, 0.4) is 0 Å².